The monoisotopic (exact) mass is 298 g/mol. The van der Waals surface area contributed by atoms with Crippen molar-refractivity contribution in [2.24, 2.45) is 17.8 Å². The second kappa shape index (κ2) is 4.91. The zero-order valence-corrected chi connectivity index (χ0v) is 12.2. The molecule has 2 heterocycles. The predicted octanol–water partition coefficient (Wildman–Crippen LogP) is -0.889. The summed E-state index contributed by atoms with van der Waals surface area (Å²) in [6.07, 6.45) is 1.52. The maximum Gasteiger partial charge on any atom is 0.362 e. The van der Waals surface area contributed by atoms with Gasteiger partial charge in [0.1, 0.15) is 12.2 Å². The molecule has 2 aliphatic carbocycles. The molecule has 0 aromatic rings. The van der Waals surface area contributed by atoms with E-state index in [-0.39, 0.29) is 30.1 Å². The second-order valence-electron chi connectivity index (χ2n) is 6.40. The molecule has 2 saturated heterocycles. The Morgan fingerprint density at radius 1 is 1.35 bits per heavy atom. The SMILES string of the molecule is O=C(C[NH+]1CCSCC1)OC1C2CC3C(=O)OC1C3C2. The summed E-state index contributed by atoms with van der Waals surface area (Å²) in [5.74, 6) is 2.80. The zero-order chi connectivity index (χ0) is 13.7. The van der Waals surface area contributed by atoms with Crippen LogP contribution in [0.3, 0.4) is 0 Å². The molecule has 6 heteroatoms. The molecule has 4 fully saturated rings. The molecule has 20 heavy (non-hydrogen) atoms. The van der Waals surface area contributed by atoms with Gasteiger partial charge in [0.15, 0.2) is 6.54 Å². The van der Waals surface area contributed by atoms with E-state index in [9.17, 15) is 9.59 Å². The summed E-state index contributed by atoms with van der Waals surface area (Å²) in [6.45, 7) is 2.53. The summed E-state index contributed by atoms with van der Waals surface area (Å²) in [6, 6.07) is 0. The summed E-state index contributed by atoms with van der Waals surface area (Å²) in [7, 11) is 0. The first-order chi connectivity index (χ1) is 9.72. The van der Waals surface area contributed by atoms with Gasteiger partial charge < -0.3 is 14.4 Å². The minimum absolute atomic E-state index is 0.0697. The van der Waals surface area contributed by atoms with Gasteiger partial charge in [0, 0.05) is 23.3 Å². The van der Waals surface area contributed by atoms with Gasteiger partial charge in [-0.15, -0.1) is 0 Å². The molecule has 110 valence electrons. The lowest BCUT2D eigenvalue weighted by Gasteiger charge is -2.27. The fourth-order valence-electron chi connectivity index (χ4n) is 4.30. The van der Waals surface area contributed by atoms with Gasteiger partial charge in [0.25, 0.3) is 0 Å². The van der Waals surface area contributed by atoms with Crippen LogP contribution >= 0.6 is 11.8 Å². The van der Waals surface area contributed by atoms with Crippen molar-refractivity contribution in [2.45, 2.75) is 25.0 Å². The van der Waals surface area contributed by atoms with E-state index < -0.39 is 0 Å². The van der Waals surface area contributed by atoms with Crippen molar-refractivity contribution in [1.82, 2.24) is 0 Å². The van der Waals surface area contributed by atoms with Crippen LogP contribution in [0.1, 0.15) is 12.8 Å². The highest BCUT2D eigenvalue weighted by Crippen LogP contribution is 2.55. The number of rotatable bonds is 3. The lowest BCUT2D eigenvalue weighted by Crippen LogP contribution is -3.14. The Balaban J connectivity index is 1.35. The van der Waals surface area contributed by atoms with Crippen LogP contribution < -0.4 is 4.90 Å². The zero-order valence-electron chi connectivity index (χ0n) is 11.4. The van der Waals surface area contributed by atoms with E-state index in [0.717, 1.165) is 37.4 Å². The summed E-state index contributed by atoms with van der Waals surface area (Å²) >= 11 is 1.95. The largest absolute Gasteiger partial charge is 0.458 e. The molecule has 2 aliphatic heterocycles. The van der Waals surface area contributed by atoms with Crippen LogP contribution in [-0.2, 0) is 19.1 Å². The molecule has 0 aromatic heterocycles. The average molecular weight is 298 g/mol. The first-order valence-electron chi connectivity index (χ1n) is 7.53. The van der Waals surface area contributed by atoms with Gasteiger partial charge in [0.05, 0.1) is 19.0 Å². The van der Waals surface area contributed by atoms with Crippen molar-refractivity contribution in [3.63, 3.8) is 0 Å². The third kappa shape index (κ3) is 2.04. The summed E-state index contributed by atoms with van der Waals surface area (Å²) in [5.41, 5.74) is 0. The standard InChI is InChI=1S/C14H19NO4S/c16-11(7-15-1-3-20-4-2-15)18-12-8-5-9-10(6-8)14(17)19-13(9)12/h8-10,12-13H,1-7H2/p+1. The van der Waals surface area contributed by atoms with E-state index in [2.05, 4.69) is 0 Å². The van der Waals surface area contributed by atoms with Gasteiger partial charge in [-0.3, -0.25) is 4.79 Å². The van der Waals surface area contributed by atoms with Crippen molar-refractivity contribution < 1.29 is 24.0 Å². The fourth-order valence-corrected chi connectivity index (χ4v) is 5.37. The maximum atomic E-state index is 12.1. The Hall–Kier alpha value is -0.750. The molecule has 5 atom stereocenters. The number of ether oxygens (including phenoxy) is 2. The number of hydrogen-bond donors (Lipinski definition) is 1. The molecular weight excluding hydrogens is 278 g/mol. The third-order valence-electron chi connectivity index (χ3n) is 5.28. The minimum Gasteiger partial charge on any atom is -0.458 e. The van der Waals surface area contributed by atoms with Gasteiger partial charge >= 0.3 is 11.9 Å². The van der Waals surface area contributed by atoms with Gasteiger partial charge in [-0.1, -0.05) is 0 Å². The molecule has 4 rings (SSSR count). The Morgan fingerprint density at radius 2 is 2.15 bits per heavy atom. The molecule has 1 N–H and O–H groups in total. The molecule has 0 radical (unpaired) electrons. The molecule has 0 aromatic carbocycles. The minimum atomic E-state index is -0.172. The van der Waals surface area contributed by atoms with Crippen molar-refractivity contribution in [3.05, 3.63) is 0 Å². The number of esters is 2. The Kier molecular flexibility index (Phi) is 3.18. The first-order valence-corrected chi connectivity index (χ1v) is 8.69. The Bertz CT molecular complexity index is 437. The van der Waals surface area contributed by atoms with Crippen molar-refractivity contribution in [2.75, 3.05) is 31.1 Å². The van der Waals surface area contributed by atoms with Crippen molar-refractivity contribution >= 4 is 23.7 Å². The van der Waals surface area contributed by atoms with Crippen LogP contribution in [0.25, 0.3) is 0 Å². The number of nitrogens with one attached hydrogen (secondary N) is 1. The first kappa shape index (κ1) is 13.0. The average Bonchev–Trinajstić information content (AvgIpc) is 3.04. The maximum absolute atomic E-state index is 12.1. The smallest absolute Gasteiger partial charge is 0.362 e. The number of carbonyl (C=O) groups excluding carboxylic acids is 2. The Morgan fingerprint density at radius 3 is 2.95 bits per heavy atom. The Labute approximate surface area is 122 Å². The second-order valence-corrected chi connectivity index (χ2v) is 7.62. The quantitative estimate of drug-likeness (QED) is 0.685. The summed E-state index contributed by atoms with van der Waals surface area (Å²) < 4.78 is 11.1. The van der Waals surface area contributed by atoms with E-state index >= 15 is 0 Å². The van der Waals surface area contributed by atoms with E-state index in [0.29, 0.717) is 18.4 Å². The highest BCUT2D eigenvalue weighted by molar-refractivity contribution is 7.99. The molecule has 5 nitrogen and oxygen atoms in total. The van der Waals surface area contributed by atoms with E-state index in [1.54, 1.807) is 0 Å². The molecule has 2 bridgehead atoms. The van der Waals surface area contributed by atoms with Crippen LogP contribution in [0.2, 0.25) is 0 Å². The van der Waals surface area contributed by atoms with Crippen LogP contribution in [0.5, 0.6) is 0 Å². The summed E-state index contributed by atoms with van der Waals surface area (Å²) in [4.78, 5) is 25.1. The number of hydrogen-bond acceptors (Lipinski definition) is 5. The lowest BCUT2D eigenvalue weighted by atomic mass is 9.88. The van der Waals surface area contributed by atoms with E-state index in [4.69, 9.17) is 9.47 Å². The van der Waals surface area contributed by atoms with Crippen LogP contribution in [0, 0.1) is 17.8 Å². The number of quaternary nitrogens is 1. The highest BCUT2D eigenvalue weighted by Gasteiger charge is 2.63. The van der Waals surface area contributed by atoms with Crippen LogP contribution in [0.4, 0.5) is 0 Å². The molecule has 0 amide bonds. The number of thioether (sulfide) groups is 1. The van der Waals surface area contributed by atoms with Crippen molar-refractivity contribution in [3.8, 4) is 0 Å². The molecule has 0 spiro atoms. The van der Waals surface area contributed by atoms with E-state index in [1.165, 1.54) is 4.90 Å². The number of carbonyl (C=O) groups is 2. The van der Waals surface area contributed by atoms with Crippen LogP contribution in [0.15, 0.2) is 0 Å². The van der Waals surface area contributed by atoms with E-state index in [1.807, 2.05) is 11.8 Å². The van der Waals surface area contributed by atoms with Crippen molar-refractivity contribution in [1.29, 1.82) is 0 Å². The fraction of sp³-hybridized carbons (Fsp3) is 0.857. The number of fused-ring (bicyclic) bond motifs is 1. The molecule has 2 saturated carbocycles. The van der Waals surface area contributed by atoms with Gasteiger partial charge in [0.2, 0.25) is 0 Å². The van der Waals surface area contributed by atoms with Gasteiger partial charge in [-0.2, -0.15) is 11.8 Å². The van der Waals surface area contributed by atoms with Gasteiger partial charge in [-0.25, -0.2) is 4.79 Å². The molecular formula is C14H20NO4S+. The normalized spacial score (nSPS) is 42.8. The summed E-state index contributed by atoms with van der Waals surface area (Å²) in [5, 5.41) is 0. The molecule has 4 aliphatic rings. The van der Waals surface area contributed by atoms with Crippen LogP contribution in [-0.4, -0.2) is 55.3 Å². The lowest BCUT2D eigenvalue weighted by molar-refractivity contribution is -0.888. The topological polar surface area (TPSA) is 57.0 Å². The predicted molar refractivity (Wildman–Crippen MR) is 72.4 cm³/mol. The molecule has 5 unspecified atom stereocenters. The highest BCUT2D eigenvalue weighted by atomic mass is 32.2. The van der Waals surface area contributed by atoms with Gasteiger partial charge in [-0.05, 0) is 12.8 Å². The third-order valence-corrected chi connectivity index (χ3v) is 6.26.